The molecule has 0 aliphatic heterocycles. The average molecular weight is 449 g/mol. The van der Waals surface area contributed by atoms with Crippen LogP contribution in [0.15, 0.2) is 36.5 Å². The third-order valence-electron chi connectivity index (χ3n) is 5.34. The Hall–Kier alpha value is -3.83. The van der Waals surface area contributed by atoms with Gasteiger partial charge in [-0.3, -0.25) is 9.78 Å². The van der Waals surface area contributed by atoms with Crippen LogP contribution >= 0.6 is 0 Å². The third-order valence-corrected chi connectivity index (χ3v) is 5.34. The summed E-state index contributed by atoms with van der Waals surface area (Å²) in [5, 5.41) is 22.7. The van der Waals surface area contributed by atoms with Gasteiger partial charge in [-0.25, -0.2) is 0 Å². The molecule has 0 radical (unpaired) electrons. The standard InChI is InChI=1S/C25H28N4O4/c1-3-18-16(15-30)7-6-8-20(18)29-25-17(11-24(27)31)14-28-21-13-23(33-10-5-4-9-26)22(32-2)12-19(21)25/h6-8,12-14,30H,3-5,10-11,15H2,1-2H3,(H2,27,31)(H,28,29). The first kappa shape index (κ1) is 23.8. The van der Waals surface area contributed by atoms with E-state index in [-0.39, 0.29) is 13.0 Å². The van der Waals surface area contributed by atoms with Crippen LogP contribution in [0.5, 0.6) is 11.5 Å². The molecule has 0 spiro atoms. The fourth-order valence-corrected chi connectivity index (χ4v) is 3.77. The third kappa shape index (κ3) is 5.51. The Labute approximate surface area is 193 Å². The molecule has 1 amide bonds. The van der Waals surface area contributed by atoms with Gasteiger partial charge in [0.05, 0.1) is 44.0 Å². The minimum absolute atomic E-state index is 0.0150. The number of carbonyl (C=O) groups is 1. The second kappa shape index (κ2) is 11.2. The number of pyridine rings is 1. The molecule has 0 bridgehead atoms. The molecule has 1 heterocycles. The Morgan fingerprint density at radius 3 is 2.76 bits per heavy atom. The Balaban J connectivity index is 2.13. The summed E-state index contributed by atoms with van der Waals surface area (Å²) in [6.45, 7) is 2.34. The van der Waals surface area contributed by atoms with Crippen LogP contribution in [0.1, 0.15) is 36.5 Å². The Morgan fingerprint density at radius 2 is 2.09 bits per heavy atom. The zero-order chi connectivity index (χ0) is 23.8. The topological polar surface area (TPSA) is 130 Å². The van der Waals surface area contributed by atoms with Crippen LogP contribution in [0.25, 0.3) is 10.9 Å². The number of hydrogen-bond acceptors (Lipinski definition) is 7. The predicted octanol–water partition coefficient (Wildman–Crippen LogP) is 3.75. The lowest BCUT2D eigenvalue weighted by Gasteiger charge is -2.19. The lowest BCUT2D eigenvalue weighted by molar-refractivity contribution is -0.117. The molecule has 8 heteroatoms. The van der Waals surface area contributed by atoms with Crippen molar-refractivity contribution in [2.24, 2.45) is 5.73 Å². The maximum atomic E-state index is 11.7. The predicted molar refractivity (Wildman–Crippen MR) is 127 cm³/mol. The first-order chi connectivity index (χ1) is 16.0. The molecule has 172 valence electrons. The molecule has 3 aromatic rings. The highest BCUT2D eigenvalue weighted by Crippen LogP contribution is 2.38. The van der Waals surface area contributed by atoms with Crippen molar-refractivity contribution in [1.82, 2.24) is 4.98 Å². The smallest absolute Gasteiger partial charge is 0.221 e. The van der Waals surface area contributed by atoms with Crippen molar-refractivity contribution in [3.63, 3.8) is 0 Å². The lowest BCUT2D eigenvalue weighted by atomic mass is 10.0. The van der Waals surface area contributed by atoms with Gasteiger partial charge < -0.3 is 25.6 Å². The van der Waals surface area contributed by atoms with E-state index in [4.69, 9.17) is 20.5 Å². The van der Waals surface area contributed by atoms with Gasteiger partial charge in [-0.2, -0.15) is 5.26 Å². The molecule has 8 nitrogen and oxygen atoms in total. The number of primary amides is 1. The van der Waals surface area contributed by atoms with E-state index in [1.54, 1.807) is 19.4 Å². The second-order valence-corrected chi connectivity index (χ2v) is 7.51. The SMILES string of the molecule is CCc1c(CO)cccc1Nc1c(CC(N)=O)cnc2cc(OCCCC#N)c(OC)cc12. The average Bonchev–Trinajstić information content (AvgIpc) is 2.82. The highest BCUT2D eigenvalue weighted by molar-refractivity contribution is 5.98. The summed E-state index contributed by atoms with van der Waals surface area (Å²) >= 11 is 0. The van der Waals surface area contributed by atoms with Crippen molar-refractivity contribution >= 4 is 28.2 Å². The van der Waals surface area contributed by atoms with Gasteiger partial charge in [0.2, 0.25) is 5.91 Å². The summed E-state index contributed by atoms with van der Waals surface area (Å²) < 4.78 is 11.4. The minimum atomic E-state index is -0.469. The van der Waals surface area contributed by atoms with Gasteiger partial charge in [-0.15, -0.1) is 0 Å². The highest BCUT2D eigenvalue weighted by atomic mass is 16.5. The number of nitriles is 1. The van der Waals surface area contributed by atoms with E-state index in [0.29, 0.717) is 47.7 Å². The number of methoxy groups -OCH3 is 1. The summed E-state index contributed by atoms with van der Waals surface area (Å²) in [6.07, 6.45) is 3.38. The van der Waals surface area contributed by atoms with Crippen LogP contribution < -0.4 is 20.5 Å². The second-order valence-electron chi connectivity index (χ2n) is 7.51. The molecule has 3 rings (SSSR count). The van der Waals surface area contributed by atoms with E-state index in [2.05, 4.69) is 16.4 Å². The van der Waals surface area contributed by atoms with Gasteiger partial charge in [0.25, 0.3) is 0 Å². The summed E-state index contributed by atoms with van der Waals surface area (Å²) in [7, 11) is 1.55. The van der Waals surface area contributed by atoms with E-state index >= 15 is 0 Å². The summed E-state index contributed by atoms with van der Waals surface area (Å²) in [5.74, 6) is 0.573. The normalized spacial score (nSPS) is 10.6. The van der Waals surface area contributed by atoms with Gasteiger partial charge in [0.15, 0.2) is 11.5 Å². The number of aliphatic hydroxyl groups excluding tert-OH is 1. The molecule has 1 aromatic heterocycles. The van der Waals surface area contributed by atoms with Gasteiger partial charge in [-0.05, 0) is 36.1 Å². The fourth-order valence-electron chi connectivity index (χ4n) is 3.77. The van der Waals surface area contributed by atoms with E-state index in [1.165, 1.54) is 0 Å². The number of ether oxygens (including phenoxy) is 2. The van der Waals surface area contributed by atoms with Crippen LogP contribution in [-0.4, -0.2) is 29.7 Å². The molecule has 0 atom stereocenters. The van der Waals surface area contributed by atoms with Crippen LogP contribution in [0.2, 0.25) is 0 Å². The molecule has 2 aromatic carbocycles. The number of aliphatic hydroxyl groups is 1. The number of nitrogens with zero attached hydrogens (tertiary/aromatic N) is 2. The molecule has 33 heavy (non-hydrogen) atoms. The van der Waals surface area contributed by atoms with Crippen molar-refractivity contribution in [2.45, 2.75) is 39.2 Å². The minimum Gasteiger partial charge on any atom is -0.493 e. The van der Waals surface area contributed by atoms with Crippen molar-refractivity contribution in [1.29, 1.82) is 5.26 Å². The summed E-state index contributed by atoms with van der Waals surface area (Å²) in [5.41, 5.74) is 10.1. The first-order valence-electron chi connectivity index (χ1n) is 10.8. The van der Waals surface area contributed by atoms with Crippen LogP contribution in [0.4, 0.5) is 11.4 Å². The molecule has 0 fully saturated rings. The van der Waals surface area contributed by atoms with Crippen LogP contribution in [0.3, 0.4) is 0 Å². The maximum absolute atomic E-state index is 11.7. The molecule has 4 N–H and O–H groups in total. The maximum Gasteiger partial charge on any atom is 0.221 e. The first-order valence-corrected chi connectivity index (χ1v) is 10.8. The van der Waals surface area contributed by atoms with Crippen molar-refractivity contribution < 1.29 is 19.4 Å². The summed E-state index contributed by atoms with van der Waals surface area (Å²) in [6, 6.07) is 11.4. The zero-order valence-electron chi connectivity index (χ0n) is 18.9. The Morgan fingerprint density at radius 1 is 1.27 bits per heavy atom. The number of anilines is 2. The van der Waals surface area contributed by atoms with Gasteiger partial charge >= 0.3 is 0 Å². The number of aromatic nitrogens is 1. The number of amides is 1. The number of nitrogens with one attached hydrogen (secondary N) is 1. The quantitative estimate of drug-likeness (QED) is 0.381. The summed E-state index contributed by atoms with van der Waals surface area (Å²) in [4.78, 5) is 16.3. The van der Waals surface area contributed by atoms with E-state index in [1.807, 2.05) is 31.2 Å². The molecule has 0 unspecified atom stereocenters. The Kier molecular flexibility index (Phi) is 8.06. The largest absolute Gasteiger partial charge is 0.493 e. The van der Waals surface area contributed by atoms with Crippen LogP contribution in [0, 0.1) is 11.3 Å². The van der Waals surface area contributed by atoms with Gasteiger partial charge in [0.1, 0.15) is 0 Å². The number of fused-ring (bicyclic) bond motifs is 1. The number of benzene rings is 2. The van der Waals surface area contributed by atoms with Crippen LogP contribution in [-0.2, 0) is 24.2 Å². The molecule has 0 aliphatic rings. The molecular weight excluding hydrogens is 420 g/mol. The number of nitrogens with two attached hydrogens (primary N) is 1. The molecule has 0 aliphatic carbocycles. The number of carbonyl (C=O) groups excluding carboxylic acids is 1. The Bertz CT molecular complexity index is 1190. The molecule has 0 saturated carbocycles. The zero-order valence-corrected chi connectivity index (χ0v) is 18.9. The van der Waals surface area contributed by atoms with E-state index < -0.39 is 5.91 Å². The van der Waals surface area contributed by atoms with Crippen molar-refractivity contribution in [2.75, 3.05) is 19.0 Å². The lowest BCUT2D eigenvalue weighted by Crippen LogP contribution is -2.15. The number of unbranched alkanes of at least 4 members (excludes halogenated alkanes) is 1. The van der Waals surface area contributed by atoms with Crippen molar-refractivity contribution in [3.05, 3.63) is 53.2 Å². The molecule has 0 saturated heterocycles. The fraction of sp³-hybridized carbons (Fsp3) is 0.320. The highest BCUT2D eigenvalue weighted by Gasteiger charge is 2.17. The number of hydrogen-bond donors (Lipinski definition) is 3. The van der Waals surface area contributed by atoms with Gasteiger partial charge in [0, 0.05) is 35.3 Å². The molecular formula is C25H28N4O4. The monoisotopic (exact) mass is 448 g/mol. The van der Waals surface area contributed by atoms with E-state index in [9.17, 15) is 9.90 Å². The van der Waals surface area contributed by atoms with E-state index in [0.717, 1.165) is 28.6 Å². The van der Waals surface area contributed by atoms with Gasteiger partial charge in [-0.1, -0.05) is 19.1 Å². The number of rotatable bonds is 11. The van der Waals surface area contributed by atoms with Crippen molar-refractivity contribution in [3.8, 4) is 17.6 Å².